The Morgan fingerprint density at radius 3 is 2.06 bits per heavy atom. The van der Waals surface area contributed by atoms with Gasteiger partial charge in [-0.1, -0.05) is 30.3 Å². The van der Waals surface area contributed by atoms with Gasteiger partial charge in [0.25, 0.3) is 18.2 Å². The summed E-state index contributed by atoms with van der Waals surface area (Å²) in [7, 11) is 0. The van der Waals surface area contributed by atoms with E-state index in [2.05, 4.69) is 4.84 Å². The molecule has 0 aliphatic rings. The van der Waals surface area contributed by atoms with Crippen LogP contribution in [0.2, 0.25) is 0 Å². The minimum atomic E-state index is -3.42. The van der Waals surface area contributed by atoms with Crippen LogP contribution in [0.25, 0.3) is 11.1 Å². The van der Waals surface area contributed by atoms with E-state index in [-0.39, 0.29) is 5.56 Å². The fraction of sp³-hybridized carbons (Fsp3) is 0.348. The molecule has 0 aliphatic heterocycles. The normalized spacial score (nSPS) is 14.2. The third-order valence-corrected chi connectivity index (χ3v) is 4.75. The van der Waals surface area contributed by atoms with Crippen LogP contribution >= 0.6 is 0 Å². The zero-order valence-corrected chi connectivity index (χ0v) is 18.5. The summed E-state index contributed by atoms with van der Waals surface area (Å²) in [5.41, 5.74) is -1.56. The quantitative estimate of drug-likeness (QED) is 0.567. The molecule has 10 heteroatoms. The van der Waals surface area contributed by atoms with E-state index in [0.717, 1.165) is 0 Å². The van der Waals surface area contributed by atoms with E-state index in [1.54, 1.807) is 17.6 Å². The van der Waals surface area contributed by atoms with Crippen LogP contribution in [-0.4, -0.2) is 41.0 Å². The molecule has 0 radical (unpaired) electrons. The molecule has 3 N–H and O–H groups in total. The predicted octanol–water partition coefficient (Wildman–Crippen LogP) is 3.23. The fourth-order valence-electron chi connectivity index (χ4n) is 2.62. The molecule has 2 atom stereocenters. The van der Waals surface area contributed by atoms with Crippen molar-refractivity contribution in [3.8, 4) is 11.1 Å². The van der Waals surface area contributed by atoms with Crippen molar-refractivity contribution in [3.05, 3.63) is 59.9 Å². The number of halogens is 3. The molecule has 2 rings (SSSR count). The van der Waals surface area contributed by atoms with Crippen molar-refractivity contribution in [2.75, 3.05) is 0 Å². The number of aliphatic hydroxyl groups is 1. The standard InChI is InChI=1S/C23H25F3N2O5/c1-22(2,3)21(31)33-28-19(30)17(23(4,32)20(25)26)27-18(29)14-11-9-13(10-12-14)15-7-5-6-8-16(15)24/h5-12,17,20,32H,1-4H3,(H,27,29)(H,28,30)/t17-,23?/m1/s1. The maximum Gasteiger partial charge on any atom is 0.337 e. The van der Waals surface area contributed by atoms with E-state index in [1.807, 2.05) is 5.32 Å². The average Bonchev–Trinajstić information content (AvgIpc) is 2.75. The van der Waals surface area contributed by atoms with Crippen LogP contribution in [-0.2, 0) is 14.4 Å². The molecule has 0 aromatic heterocycles. The lowest BCUT2D eigenvalue weighted by atomic mass is 9.95. The van der Waals surface area contributed by atoms with Crippen molar-refractivity contribution in [2.24, 2.45) is 5.41 Å². The second-order valence-electron chi connectivity index (χ2n) is 8.60. The smallest absolute Gasteiger partial charge is 0.337 e. The van der Waals surface area contributed by atoms with Crippen LogP contribution in [0.15, 0.2) is 48.5 Å². The monoisotopic (exact) mass is 466 g/mol. The summed E-state index contributed by atoms with van der Waals surface area (Å²) in [6.45, 7) is 5.16. The van der Waals surface area contributed by atoms with Crippen LogP contribution < -0.4 is 10.8 Å². The Kier molecular flexibility index (Phi) is 7.86. The maximum absolute atomic E-state index is 13.9. The van der Waals surface area contributed by atoms with Crippen LogP contribution in [0.1, 0.15) is 38.1 Å². The first-order valence-electron chi connectivity index (χ1n) is 9.92. The predicted molar refractivity (Wildman–Crippen MR) is 113 cm³/mol. The Balaban J connectivity index is 2.21. The third-order valence-electron chi connectivity index (χ3n) is 4.75. The zero-order valence-electron chi connectivity index (χ0n) is 18.5. The molecule has 0 spiro atoms. The molecule has 0 fully saturated rings. The lowest BCUT2D eigenvalue weighted by molar-refractivity contribution is -0.171. The van der Waals surface area contributed by atoms with Crippen LogP contribution in [0, 0.1) is 11.2 Å². The largest absolute Gasteiger partial charge is 0.381 e. The van der Waals surface area contributed by atoms with Crippen molar-refractivity contribution in [3.63, 3.8) is 0 Å². The molecule has 0 saturated carbocycles. The van der Waals surface area contributed by atoms with Crippen molar-refractivity contribution >= 4 is 17.8 Å². The van der Waals surface area contributed by atoms with Gasteiger partial charge in [-0.2, -0.15) is 5.48 Å². The molecule has 2 amide bonds. The lowest BCUT2D eigenvalue weighted by Crippen LogP contribution is -2.62. The molecule has 2 aromatic carbocycles. The highest BCUT2D eigenvalue weighted by atomic mass is 19.3. The minimum absolute atomic E-state index is 0.0374. The molecule has 0 aliphatic carbocycles. The van der Waals surface area contributed by atoms with Gasteiger partial charge in [0.2, 0.25) is 0 Å². The van der Waals surface area contributed by atoms with Crippen LogP contribution in [0.5, 0.6) is 0 Å². The van der Waals surface area contributed by atoms with Gasteiger partial charge in [0.1, 0.15) is 11.9 Å². The Labute approximate surface area is 188 Å². The number of hydrogen-bond donors (Lipinski definition) is 3. The summed E-state index contributed by atoms with van der Waals surface area (Å²) in [6, 6.07) is 9.33. The van der Waals surface area contributed by atoms with E-state index in [9.17, 15) is 32.7 Å². The minimum Gasteiger partial charge on any atom is -0.381 e. The summed E-state index contributed by atoms with van der Waals surface area (Å²) in [4.78, 5) is 41.5. The molecule has 2 aromatic rings. The van der Waals surface area contributed by atoms with Gasteiger partial charge in [-0.05, 0) is 51.5 Å². The first-order valence-corrected chi connectivity index (χ1v) is 9.92. The number of hydroxylamine groups is 1. The number of rotatable bonds is 6. The molecule has 0 heterocycles. The maximum atomic E-state index is 13.9. The number of alkyl halides is 2. The van der Waals surface area contributed by atoms with Crippen molar-refractivity contribution in [1.29, 1.82) is 0 Å². The molecule has 0 saturated heterocycles. The SMILES string of the molecule is CC(C)(C)C(=O)ONC(=O)[C@@H](NC(=O)c1ccc(-c2ccccc2F)cc1)C(C)(O)C(F)F. The van der Waals surface area contributed by atoms with Gasteiger partial charge in [-0.15, -0.1) is 0 Å². The molecule has 1 unspecified atom stereocenters. The van der Waals surface area contributed by atoms with Crippen molar-refractivity contribution in [2.45, 2.75) is 45.8 Å². The average molecular weight is 466 g/mol. The van der Waals surface area contributed by atoms with E-state index in [0.29, 0.717) is 18.1 Å². The van der Waals surface area contributed by atoms with Crippen LogP contribution in [0.4, 0.5) is 13.2 Å². The first kappa shape index (κ1) is 25.9. The lowest BCUT2D eigenvalue weighted by Gasteiger charge is -2.31. The van der Waals surface area contributed by atoms with E-state index in [4.69, 9.17) is 0 Å². The summed E-state index contributed by atoms with van der Waals surface area (Å²) in [5, 5.41) is 12.2. The number of hydrogen-bond acceptors (Lipinski definition) is 5. The molecule has 178 valence electrons. The highest BCUT2D eigenvalue weighted by Gasteiger charge is 2.46. The van der Waals surface area contributed by atoms with Gasteiger partial charge in [-0.25, -0.2) is 18.0 Å². The molecule has 33 heavy (non-hydrogen) atoms. The third kappa shape index (κ3) is 6.32. The van der Waals surface area contributed by atoms with Gasteiger partial charge in [0, 0.05) is 11.1 Å². The molecule has 7 nitrogen and oxygen atoms in total. The number of benzene rings is 2. The van der Waals surface area contributed by atoms with Crippen LogP contribution in [0.3, 0.4) is 0 Å². The second kappa shape index (κ2) is 10.0. The number of nitrogens with one attached hydrogen (secondary N) is 2. The van der Waals surface area contributed by atoms with Crippen molar-refractivity contribution < 1.29 is 37.5 Å². The van der Waals surface area contributed by atoms with Gasteiger partial charge in [-0.3, -0.25) is 9.59 Å². The fourth-order valence-corrected chi connectivity index (χ4v) is 2.62. The number of amides is 2. The number of carbonyl (C=O) groups is 3. The Hall–Kier alpha value is -3.40. The van der Waals surface area contributed by atoms with E-state index < -0.39 is 47.1 Å². The molecular formula is C23H25F3N2O5. The van der Waals surface area contributed by atoms with Gasteiger partial charge in [0.05, 0.1) is 5.41 Å². The summed E-state index contributed by atoms with van der Waals surface area (Å²) in [5.74, 6) is -3.64. The van der Waals surface area contributed by atoms with Gasteiger partial charge >= 0.3 is 5.97 Å². The Bertz CT molecular complexity index is 1020. The first-order chi connectivity index (χ1) is 15.2. The summed E-state index contributed by atoms with van der Waals surface area (Å²) in [6.07, 6.45) is -3.42. The van der Waals surface area contributed by atoms with Crippen molar-refractivity contribution in [1.82, 2.24) is 10.8 Å². The topological polar surface area (TPSA) is 105 Å². The number of carbonyl (C=O) groups excluding carboxylic acids is 3. The highest BCUT2D eigenvalue weighted by Crippen LogP contribution is 2.24. The van der Waals surface area contributed by atoms with E-state index in [1.165, 1.54) is 57.2 Å². The van der Waals surface area contributed by atoms with Gasteiger partial charge in [0.15, 0.2) is 5.60 Å². The highest BCUT2D eigenvalue weighted by molar-refractivity contribution is 5.98. The Morgan fingerprint density at radius 2 is 1.55 bits per heavy atom. The summed E-state index contributed by atoms with van der Waals surface area (Å²) >= 11 is 0. The van der Waals surface area contributed by atoms with E-state index >= 15 is 0 Å². The second-order valence-corrected chi connectivity index (χ2v) is 8.60. The summed E-state index contributed by atoms with van der Waals surface area (Å²) < 4.78 is 40.8. The zero-order chi connectivity index (χ0) is 25.0. The molecule has 0 bridgehead atoms. The Morgan fingerprint density at radius 1 is 0.970 bits per heavy atom. The molecular weight excluding hydrogens is 441 g/mol. The van der Waals surface area contributed by atoms with Gasteiger partial charge < -0.3 is 15.3 Å².